The van der Waals surface area contributed by atoms with Gasteiger partial charge in [0, 0.05) is 0 Å². The van der Waals surface area contributed by atoms with E-state index >= 15 is 0 Å². The van der Waals surface area contributed by atoms with Gasteiger partial charge in [-0.1, -0.05) is 32.0 Å². The number of benzene rings is 1. The third-order valence-electron chi connectivity index (χ3n) is 2.24. The quantitative estimate of drug-likeness (QED) is 0.735. The average molecular weight is 182 g/mol. The Kier molecular flexibility index (Phi) is 7.48. The summed E-state index contributed by atoms with van der Waals surface area (Å²) in [6, 6.07) is 6.57. The molecule has 6 N–H and O–H groups in total. The second kappa shape index (κ2) is 6.63. The van der Waals surface area contributed by atoms with E-state index in [1.807, 2.05) is 0 Å². The molecule has 0 saturated heterocycles. The monoisotopic (exact) mass is 182 g/mol. The molecule has 2 nitrogen and oxygen atoms in total. The molecule has 0 atom stereocenters. The summed E-state index contributed by atoms with van der Waals surface area (Å²) in [4.78, 5) is 0. The van der Waals surface area contributed by atoms with Gasteiger partial charge in [0.25, 0.3) is 0 Å². The van der Waals surface area contributed by atoms with Gasteiger partial charge in [0.05, 0.1) is 0 Å². The lowest BCUT2D eigenvalue weighted by atomic mass is 9.98. The van der Waals surface area contributed by atoms with Crippen LogP contribution in [0.3, 0.4) is 0 Å². The van der Waals surface area contributed by atoms with Crippen LogP contribution in [0.2, 0.25) is 0 Å². The van der Waals surface area contributed by atoms with E-state index in [2.05, 4.69) is 39.0 Å². The number of aryl methyl sites for hydroxylation is 2. The van der Waals surface area contributed by atoms with Crippen LogP contribution >= 0.6 is 0 Å². The molecule has 1 rings (SSSR count). The van der Waals surface area contributed by atoms with Gasteiger partial charge >= 0.3 is 0 Å². The van der Waals surface area contributed by atoms with Gasteiger partial charge in [-0.15, -0.1) is 0 Å². The lowest BCUT2D eigenvalue weighted by Crippen LogP contribution is -1.93. The molecule has 0 heterocycles. The van der Waals surface area contributed by atoms with Crippen LogP contribution in [0.5, 0.6) is 0 Å². The third-order valence-corrected chi connectivity index (χ3v) is 2.24. The van der Waals surface area contributed by atoms with Gasteiger partial charge in [-0.2, -0.15) is 0 Å². The molecular weight excluding hydrogens is 160 g/mol. The van der Waals surface area contributed by atoms with Gasteiger partial charge in [-0.25, -0.2) is 0 Å². The fourth-order valence-electron chi connectivity index (χ4n) is 1.60. The highest BCUT2D eigenvalue weighted by Crippen LogP contribution is 2.14. The number of rotatable bonds is 2. The standard InChI is InChI=1S/C11H16.2H3N/c1-4-10-8-6-7-9(3)11(10)5-2;;/h6-8H,4-5H2,1-3H3;2*1H3. The Morgan fingerprint density at radius 3 is 2.00 bits per heavy atom. The topological polar surface area (TPSA) is 70.0 Å². The van der Waals surface area contributed by atoms with Crippen molar-refractivity contribution in [3.63, 3.8) is 0 Å². The third kappa shape index (κ3) is 3.17. The van der Waals surface area contributed by atoms with Gasteiger partial charge in [0.15, 0.2) is 0 Å². The summed E-state index contributed by atoms with van der Waals surface area (Å²) in [5, 5.41) is 0. The molecule has 1 aromatic carbocycles. The molecule has 0 spiro atoms. The first-order valence-corrected chi connectivity index (χ1v) is 4.37. The molecule has 2 heteroatoms. The molecule has 0 amide bonds. The van der Waals surface area contributed by atoms with Crippen molar-refractivity contribution in [2.75, 3.05) is 0 Å². The highest BCUT2D eigenvalue weighted by Gasteiger charge is 1.99. The second-order valence-electron chi connectivity index (χ2n) is 2.92. The van der Waals surface area contributed by atoms with Crippen LogP contribution in [0.15, 0.2) is 18.2 Å². The van der Waals surface area contributed by atoms with E-state index in [0.717, 1.165) is 12.8 Å². The van der Waals surface area contributed by atoms with E-state index < -0.39 is 0 Å². The van der Waals surface area contributed by atoms with Crippen LogP contribution in [-0.2, 0) is 12.8 Å². The van der Waals surface area contributed by atoms with Crippen molar-refractivity contribution in [2.45, 2.75) is 33.6 Å². The number of hydrogen-bond donors (Lipinski definition) is 2. The Bertz CT molecular complexity index is 244. The summed E-state index contributed by atoms with van der Waals surface area (Å²) in [5.41, 5.74) is 4.48. The molecule has 0 bridgehead atoms. The largest absolute Gasteiger partial charge is 0.344 e. The van der Waals surface area contributed by atoms with E-state index in [9.17, 15) is 0 Å². The van der Waals surface area contributed by atoms with Gasteiger partial charge in [0.2, 0.25) is 0 Å². The highest BCUT2D eigenvalue weighted by atomic mass is 14.0. The molecule has 0 aliphatic heterocycles. The summed E-state index contributed by atoms with van der Waals surface area (Å²) >= 11 is 0. The zero-order valence-corrected chi connectivity index (χ0v) is 9.06. The summed E-state index contributed by atoms with van der Waals surface area (Å²) in [6.07, 6.45) is 2.32. The Hall–Kier alpha value is -0.860. The normalized spacial score (nSPS) is 8.54. The summed E-state index contributed by atoms with van der Waals surface area (Å²) in [6.45, 7) is 6.63. The van der Waals surface area contributed by atoms with Crippen LogP contribution in [0, 0.1) is 6.92 Å². The molecule has 0 saturated carbocycles. The Balaban J connectivity index is 0. The molecule has 13 heavy (non-hydrogen) atoms. The lowest BCUT2D eigenvalue weighted by molar-refractivity contribution is 1.02. The smallest absolute Gasteiger partial charge is 0.0302 e. The zero-order valence-electron chi connectivity index (χ0n) is 9.06. The minimum Gasteiger partial charge on any atom is -0.344 e. The first-order chi connectivity index (χ1) is 5.29. The van der Waals surface area contributed by atoms with Gasteiger partial charge in [-0.3, -0.25) is 0 Å². The lowest BCUT2D eigenvalue weighted by Gasteiger charge is -2.07. The molecule has 0 unspecified atom stereocenters. The summed E-state index contributed by atoms with van der Waals surface area (Å²) < 4.78 is 0. The summed E-state index contributed by atoms with van der Waals surface area (Å²) in [7, 11) is 0. The average Bonchev–Trinajstić information content (AvgIpc) is 2.04. The number of hydrogen-bond acceptors (Lipinski definition) is 2. The Labute approximate surface area is 81.5 Å². The maximum Gasteiger partial charge on any atom is -0.0302 e. The van der Waals surface area contributed by atoms with Crippen molar-refractivity contribution >= 4 is 0 Å². The van der Waals surface area contributed by atoms with Crippen molar-refractivity contribution in [1.29, 1.82) is 0 Å². The predicted molar refractivity (Wildman–Crippen MR) is 60.0 cm³/mol. The van der Waals surface area contributed by atoms with Gasteiger partial charge in [0.1, 0.15) is 0 Å². The molecular formula is C11H22N2. The fraction of sp³-hybridized carbons (Fsp3) is 0.455. The van der Waals surface area contributed by atoms with Crippen LogP contribution in [-0.4, -0.2) is 0 Å². The Morgan fingerprint density at radius 1 is 1.00 bits per heavy atom. The minimum atomic E-state index is 0. The molecule has 0 radical (unpaired) electrons. The van der Waals surface area contributed by atoms with E-state index in [4.69, 9.17) is 0 Å². The molecule has 0 aliphatic rings. The van der Waals surface area contributed by atoms with Crippen LogP contribution in [0.4, 0.5) is 0 Å². The van der Waals surface area contributed by atoms with E-state index in [1.54, 1.807) is 0 Å². The van der Waals surface area contributed by atoms with Crippen molar-refractivity contribution in [2.24, 2.45) is 0 Å². The minimum absolute atomic E-state index is 0. The van der Waals surface area contributed by atoms with Crippen molar-refractivity contribution in [1.82, 2.24) is 12.3 Å². The van der Waals surface area contributed by atoms with Crippen LogP contribution in [0.25, 0.3) is 0 Å². The summed E-state index contributed by atoms with van der Waals surface area (Å²) in [5.74, 6) is 0. The first-order valence-electron chi connectivity index (χ1n) is 4.37. The maximum absolute atomic E-state index is 2.23. The van der Waals surface area contributed by atoms with Crippen molar-refractivity contribution < 1.29 is 0 Å². The van der Waals surface area contributed by atoms with Crippen LogP contribution in [0.1, 0.15) is 30.5 Å². The zero-order chi connectivity index (χ0) is 8.27. The van der Waals surface area contributed by atoms with Crippen LogP contribution < -0.4 is 12.3 Å². The second-order valence-corrected chi connectivity index (χ2v) is 2.92. The highest BCUT2D eigenvalue weighted by molar-refractivity contribution is 5.34. The SMILES string of the molecule is CCc1cccc(C)c1CC.N.N. The fourth-order valence-corrected chi connectivity index (χ4v) is 1.60. The molecule has 0 aromatic heterocycles. The Morgan fingerprint density at radius 2 is 1.62 bits per heavy atom. The van der Waals surface area contributed by atoms with Crippen molar-refractivity contribution in [3.8, 4) is 0 Å². The van der Waals surface area contributed by atoms with E-state index in [-0.39, 0.29) is 12.3 Å². The van der Waals surface area contributed by atoms with Gasteiger partial charge < -0.3 is 12.3 Å². The van der Waals surface area contributed by atoms with Crippen molar-refractivity contribution in [3.05, 3.63) is 34.9 Å². The molecule has 76 valence electrons. The van der Waals surface area contributed by atoms with E-state index in [0.29, 0.717) is 0 Å². The van der Waals surface area contributed by atoms with Gasteiger partial charge in [-0.05, 0) is 36.5 Å². The molecule has 0 aliphatic carbocycles. The maximum atomic E-state index is 2.23. The predicted octanol–water partition coefficient (Wildman–Crippen LogP) is 3.44. The molecule has 0 fully saturated rings. The first kappa shape index (κ1) is 14.7. The molecule has 1 aromatic rings. The van der Waals surface area contributed by atoms with E-state index in [1.165, 1.54) is 16.7 Å².